The average molecular weight is 291 g/mol. The minimum absolute atomic E-state index is 0.0162. The summed E-state index contributed by atoms with van der Waals surface area (Å²) in [5.41, 5.74) is 0.727. The second-order valence-electron chi connectivity index (χ2n) is 4.54. The molecule has 0 heterocycles. The first-order valence-electron chi connectivity index (χ1n) is 6.31. The number of nitro groups is 1. The van der Waals surface area contributed by atoms with Crippen LogP contribution in [0.15, 0.2) is 42.5 Å². The maximum atomic E-state index is 13.8. The van der Waals surface area contributed by atoms with E-state index in [0.717, 1.165) is 0 Å². The molecular weight excluding hydrogens is 277 g/mol. The van der Waals surface area contributed by atoms with Gasteiger partial charge in [0.25, 0.3) is 5.69 Å². The highest BCUT2D eigenvalue weighted by Gasteiger charge is 2.14. The van der Waals surface area contributed by atoms with Crippen LogP contribution >= 0.6 is 0 Å². The van der Waals surface area contributed by atoms with Crippen molar-refractivity contribution in [1.29, 1.82) is 0 Å². The van der Waals surface area contributed by atoms with Gasteiger partial charge < -0.3 is 9.84 Å². The Kier molecular flexibility index (Phi) is 4.49. The number of para-hydroxylation sites is 1. The molecule has 0 radical (unpaired) electrons. The van der Waals surface area contributed by atoms with Gasteiger partial charge in [0, 0.05) is 6.07 Å². The number of rotatable bonds is 5. The van der Waals surface area contributed by atoms with Gasteiger partial charge in [-0.05, 0) is 30.7 Å². The van der Waals surface area contributed by atoms with Crippen molar-refractivity contribution in [3.8, 4) is 5.75 Å². The smallest absolute Gasteiger partial charge is 0.276 e. The van der Waals surface area contributed by atoms with Gasteiger partial charge in [0.05, 0.1) is 16.6 Å². The van der Waals surface area contributed by atoms with Crippen molar-refractivity contribution in [3.63, 3.8) is 0 Å². The molecule has 0 spiro atoms. The van der Waals surface area contributed by atoms with E-state index in [9.17, 15) is 19.6 Å². The van der Waals surface area contributed by atoms with E-state index < -0.39 is 16.8 Å². The molecule has 0 fully saturated rings. The summed E-state index contributed by atoms with van der Waals surface area (Å²) in [5.74, 6) is -0.635. The number of ether oxygens (including phenoxy) is 1. The van der Waals surface area contributed by atoms with Gasteiger partial charge in [0.1, 0.15) is 6.61 Å². The Morgan fingerprint density at radius 3 is 2.67 bits per heavy atom. The van der Waals surface area contributed by atoms with Crippen molar-refractivity contribution in [3.05, 3.63) is 69.5 Å². The van der Waals surface area contributed by atoms with E-state index >= 15 is 0 Å². The fraction of sp³-hybridized carbons (Fsp3) is 0.200. The van der Waals surface area contributed by atoms with Crippen molar-refractivity contribution >= 4 is 5.69 Å². The van der Waals surface area contributed by atoms with Crippen molar-refractivity contribution < 1.29 is 19.2 Å². The van der Waals surface area contributed by atoms with Crippen molar-refractivity contribution in [2.75, 3.05) is 0 Å². The maximum absolute atomic E-state index is 13.8. The van der Waals surface area contributed by atoms with E-state index in [1.54, 1.807) is 24.3 Å². The number of benzene rings is 2. The molecule has 5 nitrogen and oxygen atoms in total. The van der Waals surface area contributed by atoms with Crippen molar-refractivity contribution in [1.82, 2.24) is 0 Å². The van der Waals surface area contributed by atoms with E-state index in [1.807, 2.05) is 0 Å². The van der Waals surface area contributed by atoms with Crippen LogP contribution in [0.3, 0.4) is 0 Å². The van der Waals surface area contributed by atoms with Crippen LogP contribution < -0.4 is 4.74 Å². The molecule has 21 heavy (non-hydrogen) atoms. The van der Waals surface area contributed by atoms with Gasteiger partial charge >= 0.3 is 0 Å². The lowest BCUT2D eigenvalue weighted by molar-refractivity contribution is -0.385. The number of nitro benzene ring substituents is 1. The summed E-state index contributed by atoms with van der Waals surface area (Å²) in [5, 5.41) is 20.2. The lowest BCUT2D eigenvalue weighted by Gasteiger charge is -2.10. The molecule has 0 unspecified atom stereocenters. The number of halogens is 1. The largest absolute Gasteiger partial charge is 0.486 e. The molecule has 110 valence electrons. The number of hydrogen-bond donors (Lipinski definition) is 1. The Hall–Kier alpha value is -2.47. The van der Waals surface area contributed by atoms with Gasteiger partial charge in [0.15, 0.2) is 11.6 Å². The Morgan fingerprint density at radius 2 is 2.05 bits per heavy atom. The van der Waals surface area contributed by atoms with E-state index in [4.69, 9.17) is 4.74 Å². The van der Waals surface area contributed by atoms with Gasteiger partial charge in [0.2, 0.25) is 0 Å². The predicted molar refractivity (Wildman–Crippen MR) is 74.5 cm³/mol. The van der Waals surface area contributed by atoms with Gasteiger partial charge in [-0.1, -0.05) is 18.2 Å². The summed E-state index contributed by atoms with van der Waals surface area (Å²) in [4.78, 5) is 10.4. The highest BCUT2D eigenvalue weighted by molar-refractivity contribution is 5.40. The molecule has 0 aliphatic rings. The standard InChI is InChI=1S/C15H14FNO4/c1-10(18)11-6-7-15(13(16)8-11)21-9-12-4-2-3-5-14(12)17(19)20/h2-8,10,18H,9H2,1H3/t10-/m1/s1. The monoisotopic (exact) mass is 291 g/mol. The molecule has 0 aromatic heterocycles. The molecule has 6 heteroatoms. The lowest BCUT2D eigenvalue weighted by Crippen LogP contribution is -2.02. The maximum Gasteiger partial charge on any atom is 0.276 e. The number of hydrogen-bond acceptors (Lipinski definition) is 4. The minimum Gasteiger partial charge on any atom is -0.486 e. The molecule has 2 aromatic carbocycles. The zero-order chi connectivity index (χ0) is 15.4. The number of aliphatic hydroxyl groups excluding tert-OH is 1. The summed E-state index contributed by atoms with van der Waals surface area (Å²) in [7, 11) is 0. The SMILES string of the molecule is C[C@@H](O)c1ccc(OCc2ccccc2[N+](=O)[O-])c(F)c1. The first-order chi connectivity index (χ1) is 9.99. The van der Waals surface area contributed by atoms with Crippen LogP contribution in [0.2, 0.25) is 0 Å². The van der Waals surface area contributed by atoms with Crippen LogP contribution in [0, 0.1) is 15.9 Å². The first-order valence-corrected chi connectivity index (χ1v) is 6.31. The summed E-state index contributed by atoms with van der Waals surface area (Å²) in [6.45, 7) is 1.42. The Morgan fingerprint density at radius 1 is 1.33 bits per heavy atom. The van der Waals surface area contributed by atoms with Crippen LogP contribution in [-0.4, -0.2) is 10.0 Å². The van der Waals surface area contributed by atoms with E-state index in [2.05, 4.69) is 0 Å². The van der Waals surface area contributed by atoms with Crippen LogP contribution in [0.4, 0.5) is 10.1 Å². The van der Waals surface area contributed by atoms with Crippen molar-refractivity contribution in [2.24, 2.45) is 0 Å². The number of aliphatic hydroxyl groups is 1. The Balaban J connectivity index is 2.15. The third kappa shape index (κ3) is 3.55. The van der Waals surface area contributed by atoms with Gasteiger partial charge in [-0.25, -0.2) is 4.39 Å². The molecule has 0 amide bonds. The van der Waals surface area contributed by atoms with E-state index in [1.165, 1.54) is 25.1 Å². The zero-order valence-corrected chi connectivity index (χ0v) is 11.3. The first kappa shape index (κ1) is 14.9. The third-order valence-corrected chi connectivity index (χ3v) is 3.01. The van der Waals surface area contributed by atoms with Crippen molar-refractivity contribution in [2.45, 2.75) is 19.6 Å². The molecule has 0 saturated carbocycles. The fourth-order valence-corrected chi connectivity index (χ4v) is 1.86. The molecule has 0 aliphatic carbocycles. The summed E-state index contributed by atoms with van der Waals surface area (Å²) < 4.78 is 19.1. The second kappa shape index (κ2) is 6.32. The Labute approximate surface area is 120 Å². The van der Waals surface area contributed by atoms with Crippen LogP contribution in [-0.2, 0) is 6.61 Å². The quantitative estimate of drug-likeness (QED) is 0.677. The highest BCUT2D eigenvalue weighted by Crippen LogP contribution is 2.24. The summed E-state index contributed by atoms with van der Waals surface area (Å²) in [6.07, 6.45) is -0.774. The summed E-state index contributed by atoms with van der Waals surface area (Å²) in [6, 6.07) is 10.2. The molecule has 1 atom stereocenters. The van der Waals surface area contributed by atoms with Crippen LogP contribution in [0.25, 0.3) is 0 Å². The average Bonchev–Trinajstić information content (AvgIpc) is 2.46. The zero-order valence-electron chi connectivity index (χ0n) is 11.3. The minimum atomic E-state index is -0.774. The molecule has 2 rings (SSSR count). The van der Waals surface area contributed by atoms with Gasteiger partial charge in [-0.3, -0.25) is 10.1 Å². The third-order valence-electron chi connectivity index (χ3n) is 3.01. The predicted octanol–water partition coefficient (Wildman–Crippen LogP) is 3.37. The van der Waals surface area contributed by atoms with E-state index in [-0.39, 0.29) is 18.0 Å². The van der Waals surface area contributed by atoms with Gasteiger partial charge in [-0.2, -0.15) is 0 Å². The van der Waals surface area contributed by atoms with E-state index in [0.29, 0.717) is 11.1 Å². The Bertz CT molecular complexity index is 658. The number of nitrogens with zero attached hydrogens (tertiary/aromatic N) is 1. The molecule has 0 bridgehead atoms. The van der Waals surface area contributed by atoms with Crippen LogP contribution in [0.1, 0.15) is 24.2 Å². The second-order valence-corrected chi connectivity index (χ2v) is 4.54. The summed E-state index contributed by atoms with van der Waals surface area (Å²) >= 11 is 0. The molecule has 0 aliphatic heterocycles. The van der Waals surface area contributed by atoms with Gasteiger partial charge in [-0.15, -0.1) is 0 Å². The van der Waals surface area contributed by atoms with Crippen LogP contribution in [0.5, 0.6) is 5.75 Å². The highest BCUT2D eigenvalue weighted by atomic mass is 19.1. The lowest BCUT2D eigenvalue weighted by atomic mass is 10.1. The molecule has 2 aromatic rings. The molecule has 0 saturated heterocycles. The molecular formula is C15H14FNO4. The molecule has 1 N–H and O–H groups in total. The fourth-order valence-electron chi connectivity index (χ4n) is 1.86. The normalized spacial score (nSPS) is 12.0. The topological polar surface area (TPSA) is 72.6 Å².